The van der Waals surface area contributed by atoms with Gasteiger partial charge < -0.3 is 5.11 Å². The number of aliphatic hydroxyl groups excluding tert-OH is 1. The Morgan fingerprint density at radius 2 is 2.12 bits per heavy atom. The van der Waals surface area contributed by atoms with E-state index >= 15 is 0 Å². The molecule has 0 bridgehead atoms. The number of hydrogen-bond acceptors (Lipinski definition) is 3. The lowest BCUT2D eigenvalue weighted by Gasteiger charge is -2.06. The predicted octanol–water partition coefficient (Wildman–Crippen LogP) is 1.07. The third-order valence-corrected chi connectivity index (χ3v) is 2.82. The van der Waals surface area contributed by atoms with Gasteiger partial charge in [-0.15, -0.1) is 0 Å². The van der Waals surface area contributed by atoms with Crippen molar-refractivity contribution in [3.05, 3.63) is 0 Å². The van der Waals surface area contributed by atoms with E-state index in [1.165, 1.54) is 0 Å². The first-order chi connectivity index (χ1) is 3.85. The molecule has 0 radical (unpaired) electrons. The zero-order valence-corrected chi connectivity index (χ0v) is 6.89. The first kappa shape index (κ1) is 8.66. The zero-order chi connectivity index (χ0) is 6.41. The van der Waals surface area contributed by atoms with Crippen LogP contribution < -0.4 is 0 Å². The van der Waals surface area contributed by atoms with Crippen LogP contribution in [0.5, 0.6) is 0 Å². The molecule has 0 heterocycles. The van der Waals surface area contributed by atoms with Gasteiger partial charge in [0.25, 0.3) is 0 Å². The summed E-state index contributed by atoms with van der Waals surface area (Å²) in [5.41, 5.74) is 0. The Kier molecular flexibility index (Phi) is 6.27. The Hall–Kier alpha value is 0.660. The van der Waals surface area contributed by atoms with Gasteiger partial charge in [-0.3, -0.25) is 0 Å². The van der Waals surface area contributed by atoms with Crippen molar-refractivity contribution in [2.24, 2.45) is 0 Å². The van der Waals surface area contributed by atoms with Crippen molar-refractivity contribution in [3.8, 4) is 0 Å². The van der Waals surface area contributed by atoms with Crippen molar-refractivity contribution in [1.82, 2.24) is 0 Å². The maximum absolute atomic E-state index is 8.62. The minimum Gasteiger partial charge on any atom is -0.395 e. The second-order valence-corrected chi connectivity index (χ2v) is 3.54. The van der Waals surface area contributed by atoms with Gasteiger partial charge in [-0.05, 0) is 12.5 Å². The number of hydrogen-bond donors (Lipinski definition) is 1. The highest BCUT2D eigenvalue weighted by Crippen LogP contribution is 2.09. The van der Waals surface area contributed by atoms with Gasteiger partial charge >= 0.3 is 0 Å². The van der Waals surface area contributed by atoms with E-state index in [9.17, 15) is 0 Å². The lowest BCUT2D eigenvalue weighted by Crippen LogP contribution is -2.10. The Balaban J connectivity index is 3.07. The summed E-state index contributed by atoms with van der Waals surface area (Å²) in [6, 6.07) is 0. The van der Waals surface area contributed by atoms with E-state index in [0.717, 1.165) is 5.75 Å². The van der Waals surface area contributed by atoms with Crippen molar-refractivity contribution in [2.75, 3.05) is 24.9 Å². The van der Waals surface area contributed by atoms with Gasteiger partial charge in [0.15, 0.2) is 0 Å². The third-order valence-electron chi connectivity index (χ3n) is 0.890. The van der Waals surface area contributed by atoms with E-state index in [-0.39, 0.29) is 0 Å². The molecule has 0 rings (SSSR count). The summed E-state index contributed by atoms with van der Waals surface area (Å²) in [4.78, 5) is 0. The molecule has 50 valence electrons. The number of aliphatic hydroxyl groups is 1. The Labute approximate surface area is 59.2 Å². The maximum Gasteiger partial charge on any atom is 0.0557 e. The molecule has 1 nitrogen and oxygen atoms in total. The molecule has 0 aliphatic heterocycles. The van der Waals surface area contributed by atoms with Crippen molar-refractivity contribution in [3.63, 3.8) is 0 Å². The quantitative estimate of drug-likeness (QED) is 0.651. The molecular weight excluding hydrogens is 140 g/mol. The summed E-state index contributed by atoms with van der Waals surface area (Å²) in [5.74, 6) is 1.05. The van der Waals surface area contributed by atoms with Crippen LogP contribution in [0.1, 0.15) is 0 Å². The van der Waals surface area contributed by atoms with Crippen LogP contribution in [0.2, 0.25) is 0 Å². The molecule has 1 atom stereocenters. The SMILES string of the molecule is CSC[C@@H](CO)SC. The first-order valence-electron chi connectivity index (χ1n) is 2.47. The van der Waals surface area contributed by atoms with E-state index in [1.54, 1.807) is 23.5 Å². The molecule has 0 amide bonds. The molecular formula is C5H12OS2. The van der Waals surface area contributed by atoms with Gasteiger partial charge in [-0.25, -0.2) is 0 Å². The Morgan fingerprint density at radius 3 is 2.25 bits per heavy atom. The van der Waals surface area contributed by atoms with Crippen LogP contribution in [0.4, 0.5) is 0 Å². The molecule has 0 spiro atoms. The number of thioether (sulfide) groups is 2. The van der Waals surface area contributed by atoms with Gasteiger partial charge in [-0.1, -0.05) is 0 Å². The fraction of sp³-hybridized carbons (Fsp3) is 1.00. The molecule has 3 heteroatoms. The largest absolute Gasteiger partial charge is 0.395 e. The molecule has 0 unspecified atom stereocenters. The predicted molar refractivity (Wildman–Crippen MR) is 42.8 cm³/mol. The lowest BCUT2D eigenvalue weighted by atomic mass is 10.5. The van der Waals surface area contributed by atoms with Crippen molar-refractivity contribution >= 4 is 23.5 Å². The fourth-order valence-corrected chi connectivity index (χ4v) is 1.96. The second kappa shape index (κ2) is 5.79. The van der Waals surface area contributed by atoms with Crippen LogP contribution >= 0.6 is 23.5 Å². The van der Waals surface area contributed by atoms with Crippen LogP contribution in [0, 0.1) is 0 Å². The zero-order valence-electron chi connectivity index (χ0n) is 5.26. The summed E-state index contributed by atoms with van der Waals surface area (Å²) in [7, 11) is 0. The Morgan fingerprint density at radius 1 is 1.50 bits per heavy atom. The summed E-state index contributed by atoms with van der Waals surface area (Å²) in [6.07, 6.45) is 4.08. The molecule has 0 aromatic carbocycles. The summed E-state index contributed by atoms with van der Waals surface area (Å²) in [6.45, 7) is 0.308. The molecule has 0 aromatic rings. The van der Waals surface area contributed by atoms with E-state index < -0.39 is 0 Å². The van der Waals surface area contributed by atoms with Gasteiger partial charge in [0, 0.05) is 11.0 Å². The summed E-state index contributed by atoms with van der Waals surface area (Å²) >= 11 is 3.50. The fourth-order valence-electron chi connectivity index (χ4n) is 0.381. The molecule has 1 N–H and O–H groups in total. The average Bonchev–Trinajstić information content (AvgIpc) is 1.83. The normalized spacial score (nSPS) is 13.9. The van der Waals surface area contributed by atoms with Crippen molar-refractivity contribution < 1.29 is 5.11 Å². The molecule has 0 aromatic heterocycles. The van der Waals surface area contributed by atoms with Gasteiger partial charge in [0.05, 0.1) is 6.61 Å². The van der Waals surface area contributed by atoms with E-state index in [1.807, 2.05) is 6.26 Å². The molecule has 0 saturated carbocycles. The van der Waals surface area contributed by atoms with Gasteiger partial charge in [0.1, 0.15) is 0 Å². The van der Waals surface area contributed by atoms with Gasteiger partial charge in [-0.2, -0.15) is 23.5 Å². The average molecular weight is 152 g/mol. The molecule has 0 aliphatic carbocycles. The van der Waals surface area contributed by atoms with E-state index in [4.69, 9.17) is 5.11 Å². The van der Waals surface area contributed by atoms with Crippen LogP contribution in [0.15, 0.2) is 0 Å². The number of rotatable bonds is 4. The first-order valence-corrected chi connectivity index (χ1v) is 5.16. The molecule has 0 fully saturated rings. The van der Waals surface area contributed by atoms with Gasteiger partial charge in [0.2, 0.25) is 0 Å². The van der Waals surface area contributed by atoms with Crippen LogP contribution in [0.3, 0.4) is 0 Å². The molecule has 8 heavy (non-hydrogen) atoms. The highest BCUT2D eigenvalue weighted by atomic mass is 32.2. The molecule has 0 saturated heterocycles. The lowest BCUT2D eigenvalue weighted by molar-refractivity contribution is 0.301. The van der Waals surface area contributed by atoms with Crippen LogP contribution in [-0.2, 0) is 0 Å². The second-order valence-electron chi connectivity index (χ2n) is 1.50. The maximum atomic E-state index is 8.62. The van der Waals surface area contributed by atoms with Crippen molar-refractivity contribution in [1.29, 1.82) is 0 Å². The minimum atomic E-state index is 0.308. The highest BCUT2D eigenvalue weighted by Gasteiger charge is 2.01. The third kappa shape index (κ3) is 3.64. The smallest absolute Gasteiger partial charge is 0.0557 e. The minimum absolute atomic E-state index is 0.308. The Bertz CT molecular complexity index is 45.7. The van der Waals surface area contributed by atoms with E-state index in [0.29, 0.717) is 11.9 Å². The van der Waals surface area contributed by atoms with Crippen LogP contribution in [-0.4, -0.2) is 35.2 Å². The summed E-state index contributed by atoms with van der Waals surface area (Å²) in [5, 5.41) is 9.06. The van der Waals surface area contributed by atoms with Crippen LogP contribution in [0.25, 0.3) is 0 Å². The van der Waals surface area contributed by atoms with Crippen molar-refractivity contribution in [2.45, 2.75) is 5.25 Å². The molecule has 0 aliphatic rings. The van der Waals surface area contributed by atoms with E-state index in [2.05, 4.69) is 6.26 Å². The summed E-state index contributed by atoms with van der Waals surface area (Å²) < 4.78 is 0. The standard InChI is InChI=1S/C5H12OS2/c1-7-4-5(3-6)8-2/h5-6H,3-4H2,1-2H3/t5-/m1/s1. The monoisotopic (exact) mass is 152 g/mol. The topological polar surface area (TPSA) is 20.2 Å². The highest BCUT2D eigenvalue weighted by molar-refractivity contribution is 8.02.